The minimum absolute atomic E-state index is 0.145. The molecule has 29 heavy (non-hydrogen) atoms. The first-order valence-electron chi connectivity index (χ1n) is 9.76. The molecule has 0 atom stereocenters. The highest BCUT2D eigenvalue weighted by atomic mass is 32.2. The molecule has 150 valence electrons. The van der Waals surface area contributed by atoms with Crippen LogP contribution in [0.4, 0.5) is 5.13 Å². The Kier molecular flexibility index (Phi) is 6.28. The van der Waals surface area contributed by atoms with Gasteiger partial charge in [-0.25, -0.2) is 9.97 Å². The number of thiazole rings is 1. The van der Waals surface area contributed by atoms with Crippen molar-refractivity contribution in [2.24, 2.45) is 0 Å². The van der Waals surface area contributed by atoms with Gasteiger partial charge in [0.2, 0.25) is 0 Å². The minimum atomic E-state index is -0.145. The largest absolute Gasteiger partial charge is 0.298 e. The highest BCUT2D eigenvalue weighted by molar-refractivity contribution is 7.99. The van der Waals surface area contributed by atoms with Crippen LogP contribution in [-0.2, 0) is 19.5 Å². The van der Waals surface area contributed by atoms with Crippen LogP contribution in [0.5, 0.6) is 0 Å². The van der Waals surface area contributed by atoms with Crippen LogP contribution in [0.2, 0.25) is 0 Å². The average molecular weight is 425 g/mol. The van der Waals surface area contributed by atoms with Gasteiger partial charge < -0.3 is 0 Å². The molecule has 1 aliphatic heterocycles. The van der Waals surface area contributed by atoms with Gasteiger partial charge in [0.1, 0.15) is 5.03 Å². The SMILES string of the molecule is CC(C)Sc1ncccc1C(=O)Nc1nc2c(s1)CN(Cc1ccccc1)CC2. The monoisotopic (exact) mass is 424 g/mol. The lowest BCUT2D eigenvalue weighted by atomic mass is 10.1. The summed E-state index contributed by atoms with van der Waals surface area (Å²) in [5.41, 5.74) is 3.03. The number of hydrogen-bond acceptors (Lipinski definition) is 6. The lowest BCUT2D eigenvalue weighted by molar-refractivity contribution is 0.102. The number of nitrogens with one attached hydrogen (secondary N) is 1. The summed E-state index contributed by atoms with van der Waals surface area (Å²) in [5, 5.41) is 4.78. The van der Waals surface area contributed by atoms with Crippen molar-refractivity contribution in [3.63, 3.8) is 0 Å². The fraction of sp³-hybridized carbons (Fsp3) is 0.318. The van der Waals surface area contributed by atoms with Crippen molar-refractivity contribution in [3.8, 4) is 0 Å². The quantitative estimate of drug-likeness (QED) is 0.573. The second-order valence-corrected chi connectivity index (χ2v) is 9.96. The zero-order valence-corrected chi connectivity index (χ0v) is 18.2. The molecule has 0 bridgehead atoms. The number of fused-ring (bicyclic) bond motifs is 1. The summed E-state index contributed by atoms with van der Waals surface area (Å²) < 4.78 is 0. The predicted molar refractivity (Wildman–Crippen MR) is 120 cm³/mol. The number of amides is 1. The second kappa shape index (κ2) is 9.07. The molecule has 0 fully saturated rings. The number of pyridine rings is 1. The summed E-state index contributed by atoms with van der Waals surface area (Å²) in [6, 6.07) is 14.1. The number of hydrogen-bond donors (Lipinski definition) is 1. The minimum Gasteiger partial charge on any atom is -0.298 e. The van der Waals surface area contributed by atoms with Crippen molar-refractivity contribution < 1.29 is 4.79 Å². The lowest BCUT2D eigenvalue weighted by Crippen LogP contribution is -2.29. The molecule has 0 aliphatic carbocycles. The number of thioether (sulfide) groups is 1. The number of rotatable bonds is 6. The van der Waals surface area contributed by atoms with Crippen LogP contribution < -0.4 is 5.32 Å². The maximum Gasteiger partial charge on any atom is 0.260 e. The number of carbonyl (C=O) groups excluding carboxylic acids is 1. The van der Waals surface area contributed by atoms with E-state index in [1.807, 2.05) is 12.1 Å². The highest BCUT2D eigenvalue weighted by Crippen LogP contribution is 2.30. The van der Waals surface area contributed by atoms with Gasteiger partial charge in [-0.15, -0.1) is 23.1 Å². The molecule has 1 N–H and O–H groups in total. The summed E-state index contributed by atoms with van der Waals surface area (Å²) in [7, 11) is 0. The number of aromatic nitrogens is 2. The molecule has 0 spiro atoms. The Hall–Kier alpha value is -2.22. The fourth-order valence-corrected chi connectivity index (χ4v) is 5.23. The van der Waals surface area contributed by atoms with Gasteiger partial charge in [0.15, 0.2) is 5.13 Å². The first kappa shape index (κ1) is 20.1. The third-order valence-electron chi connectivity index (χ3n) is 4.64. The zero-order valence-electron chi connectivity index (χ0n) is 16.6. The van der Waals surface area contributed by atoms with Crippen molar-refractivity contribution in [3.05, 3.63) is 70.4 Å². The fourth-order valence-electron chi connectivity index (χ4n) is 3.32. The molecular weight excluding hydrogens is 400 g/mol. The van der Waals surface area contributed by atoms with Crippen molar-refractivity contribution in [1.82, 2.24) is 14.9 Å². The Balaban J connectivity index is 1.44. The summed E-state index contributed by atoms with van der Waals surface area (Å²) in [5.74, 6) is -0.145. The Morgan fingerprint density at radius 1 is 1.24 bits per heavy atom. The van der Waals surface area contributed by atoms with Gasteiger partial charge in [0, 0.05) is 42.4 Å². The summed E-state index contributed by atoms with van der Waals surface area (Å²) >= 11 is 3.18. The van der Waals surface area contributed by atoms with Gasteiger partial charge in [-0.2, -0.15) is 0 Å². The van der Waals surface area contributed by atoms with Crippen molar-refractivity contribution in [2.75, 3.05) is 11.9 Å². The van der Waals surface area contributed by atoms with E-state index >= 15 is 0 Å². The molecule has 0 radical (unpaired) electrons. The van der Waals surface area contributed by atoms with Crippen molar-refractivity contribution in [1.29, 1.82) is 0 Å². The summed E-state index contributed by atoms with van der Waals surface area (Å²) in [6.07, 6.45) is 2.64. The molecule has 5 nitrogen and oxygen atoms in total. The molecule has 1 amide bonds. The molecule has 0 unspecified atom stereocenters. The molecule has 3 heterocycles. The molecule has 7 heteroatoms. The van der Waals surface area contributed by atoms with E-state index in [1.54, 1.807) is 35.4 Å². The van der Waals surface area contributed by atoms with Crippen LogP contribution in [0.25, 0.3) is 0 Å². The Bertz CT molecular complexity index is 987. The lowest BCUT2D eigenvalue weighted by Gasteiger charge is -2.25. The maximum atomic E-state index is 12.8. The first-order valence-corrected chi connectivity index (χ1v) is 11.5. The molecule has 1 aliphatic rings. The molecule has 4 rings (SSSR count). The smallest absolute Gasteiger partial charge is 0.260 e. The van der Waals surface area contributed by atoms with Crippen molar-refractivity contribution in [2.45, 2.75) is 43.6 Å². The normalized spacial score (nSPS) is 14.0. The van der Waals surface area contributed by atoms with E-state index in [-0.39, 0.29) is 5.91 Å². The van der Waals surface area contributed by atoms with E-state index in [0.717, 1.165) is 36.8 Å². The van der Waals surface area contributed by atoms with Crippen LogP contribution in [0.15, 0.2) is 53.7 Å². The van der Waals surface area contributed by atoms with Gasteiger partial charge in [-0.05, 0) is 17.7 Å². The van der Waals surface area contributed by atoms with E-state index in [4.69, 9.17) is 0 Å². The Labute approximate surface area is 179 Å². The number of nitrogens with zero attached hydrogens (tertiary/aromatic N) is 3. The van der Waals surface area contributed by atoms with Gasteiger partial charge in [0.25, 0.3) is 5.91 Å². The van der Waals surface area contributed by atoms with E-state index < -0.39 is 0 Å². The summed E-state index contributed by atoms with van der Waals surface area (Å²) in [6.45, 7) is 6.98. The number of benzene rings is 1. The van der Waals surface area contributed by atoms with E-state index in [9.17, 15) is 4.79 Å². The molecule has 2 aromatic heterocycles. The van der Waals surface area contributed by atoms with Crippen LogP contribution in [0, 0.1) is 0 Å². The molecule has 0 saturated carbocycles. The summed E-state index contributed by atoms with van der Waals surface area (Å²) in [4.78, 5) is 25.6. The average Bonchev–Trinajstić information content (AvgIpc) is 3.10. The standard InChI is InChI=1S/C22H24N4OS2/c1-15(2)28-21-17(9-6-11-23-21)20(27)25-22-24-18-10-12-26(14-19(18)29-22)13-16-7-4-3-5-8-16/h3-9,11,15H,10,12-14H2,1-2H3,(H,24,25,27). The molecule has 0 saturated heterocycles. The highest BCUT2D eigenvalue weighted by Gasteiger charge is 2.22. The van der Waals surface area contributed by atoms with E-state index in [0.29, 0.717) is 15.9 Å². The Morgan fingerprint density at radius 3 is 2.86 bits per heavy atom. The number of anilines is 1. The molecular formula is C22H24N4OS2. The predicted octanol–water partition coefficient (Wildman–Crippen LogP) is 4.85. The van der Waals surface area contributed by atoms with Crippen LogP contribution in [0.3, 0.4) is 0 Å². The third-order valence-corrected chi connectivity index (χ3v) is 6.66. The van der Waals surface area contributed by atoms with Gasteiger partial charge in [-0.3, -0.25) is 15.0 Å². The first-order chi connectivity index (χ1) is 14.1. The van der Waals surface area contributed by atoms with E-state index in [2.05, 4.69) is 58.3 Å². The van der Waals surface area contributed by atoms with Crippen molar-refractivity contribution >= 4 is 34.1 Å². The molecule has 3 aromatic rings. The van der Waals surface area contributed by atoms with Crippen LogP contribution >= 0.6 is 23.1 Å². The van der Waals surface area contributed by atoms with Crippen LogP contribution in [-0.4, -0.2) is 32.6 Å². The van der Waals surface area contributed by atoms with Gasteiger partial charge in [0.05, 0.1) is 11.3 Å². The third kappa shape index (κ3) is 5.04. The van der Waals surface area contributed by atoms with E-state index in [1.165, 1.54) is 10.4 Å². The van der Waals surface area contributed by atoms with Gasteiger partial charge >= 0.3 is 0 Å². The second-order valence-electron chi connectivity index (χ2n) is 7.31. The number of carbonyl (C=O) groups is 1. The Morgan fingerprint density at radius 2 is 2.07 bits per heavy atom. The van der Waals surface area contributed by atoms with Crippen LogP contribution in [0.1, 0.15) is 40.3 Å². The molecule has 1 aromatic carbocycles. The zero-order chi connectivity index (χ0) is 20.2. The topological polar surface area (TPSA) is 58.1 Å². The van der Waals surface area contributed by atoms with Gasteiger partial charge in [-0.1, -0.05) is 44.2 Å². The maximum absolute atomic E-state index is 12.8.